The molecule has 2 aromatic carbocycles. The minimum Gasteiger partial charge on any atom is -0.360 e. The first-order valence-electron chi connectivity index (χ1n) is 6.84. The lowest BCUT2D eigenvalue weighted by Gasteiger charge is -2.07. The van der Waals surface area contributed by atoms with Crippen molar-refractivity contribution < 1.29 is 9.32 Å². The number of rotatable bonds is 3. The van der Waals surface area contributed by atoms with E-state index in [9.17, 15) is 4.79 Å². The Kier molecular flexibility index (Phi) is 4.68. The van der Waals surface area contributed by atoms with Gasteiger partial charge >= 0.3 is 0 Å². The Morgan fingerprint density at radius 3 is 2.57 bits per heavy atom. The van der Waals surface area contributed by atoms with Crippen molar-refractivity contribution in [2.45, 2.75) is 6.92 Å². The van der Waals surface area contributed by atoms with Gasteiger partial charge < -0.3 is 9.84 Å². The Labute approximate surface area is 152 Å². The number of nitrogens with one attached hydrogen (secondary N) is 1. The van der Waals surface area contributed by atoms with Crippen LogP contribution in [-0.4, -0.2) is 11.1 Å². The molecular weight excluding hydrogens is 427 g/mol. The van der Waals surface area contributed by atoms with E-state index in [-0.39, 0.29) is 5.91 Å². The van der Waals surface area contributed by atoms with Gasteiger partial charge in [-0.1, -0.05) is 35.0 Å². The smallest absolute Gasteiger partial charge is 0.261 e. The third kappa shape index (κ3) is 3.40. The summed E-state index contributed by atoms with van der Waals surface area (Å²) in [6, 6.07) is 14.8. The molecule has 0 spiro atoms. The van der Waals surface area contributed by atoms with E-state index < -0.39 is 0 Å². The number of benzene rings is 2. The Bertz CT molecular complexity index is 859. The molecule has 116 valence electrons. The molecule has 1 N–H and O–H groups in total. The normalized spacial score (nSPS) is 10.6. The average Bonchev–Trinajstić information content (AvgIpc) is 2.91. The third-order valence-corrected chi connectivity index (χ3v) is 4.37. The van der Waals surface area contributed by atoms with E-state index in [1.807, 2.05) is 36.4 Å². The van der Waals surface area contributed by atoms with Crippen LogP contribution in [0.3, 0.4) is 0 Å². The van der Waals surface area contributed by atoms with E-state index in [0.29, 0.717) is 33.3 Å². The van der Waals surface area contributed by atoms with Crippen molar-refractivity contribution in [2.24, 2.45) is 0 Å². The lowest BCUT2D eigenvalue weighted by Crippen LogP contribution is -2.13. The van der Waals surface area contributed by atoms with Crippen LogP contribution in [0.2, 0.25) is 5.02 Å². The van der Waals surface area contributed by atoms with Gasteiger partial charge in [0.25, 0.3) is 5.91 Å². The molecule has 0 saturated carbocycles. The molecule has 0 aliphatic carbocycles. The molecule has 0 atom stereocenters. The summed E-state index contributed by atoms with van der Waals surface area (Å²) in [5.41, 5.74) is 2.20. The van der Waals surface area contributed by atoms with Gasteiger partial charge in [-0.25, -0.2) is 0 Å². The number of carbonyl (C=O) groups excluding carboxylic acids is 1. The molecule has 3 aromatic rings. The maximum atomic E-state index is 12.6. The van der Waals surface area contributed by atoms with E-state index in [2.05, 4.69) is 33.1 Å². The highest BCUT2D eigenvalue weighted by molar-refractivity contribution is 14.1. The van der Waals surface area contributed by atoms with Crippen LogP contribution < -0.4 is 5.32 Å². The molecule has 0 aliphatic heterocycles. The van der Waals surface area contributed by atoms with Crippen molar-refractivity contribution in [3.8, 4) is 11.3 Å². The highest BCUT2D eigenvalue weighted by Crippen LogP contribution is 2.31. The van der Waals surface area contributed by atoms with Crippen molar-refractivity contribution in [2.75, 3.05) is 5.32 Å². The fraction of sp³-hybridized carbons (Fsp3) is 0.0588. The molecule has 0 saturated heterocycles. The molecular formula is C17H12ClIN2O2. The van der Waals surface area contributed by atoms with Crippen molar-refractivity contribution in [3.05, 3.63) is 68.4 Å². The van der Waals surface area contributed by atoms with Crippen LogP contribution in [0.5, 0.6) is 0 Å². The minimum absolute atomic E-state index is 0.278. The van der Waals surface area contributed by atoms with Crippen LogP contribution in [0.25, 0.3) is 11.3 Å². The number of carbonyl (C=O) groups is 1. The van der Waals surface area contributed by atoms with Gasteiger partial charge in [-0.3, -0.25) is 4.79 Å². The zero-order valence-electron chi connectivity index (χ0n) is 12.1. The van der Waals surface area contributed by atoms with E-state index in [1.54, 1.807) is 19.1 Å². The van der Waals surface area contributed by atoms with Gasteiger partial charge in [0.2, 0.25) is 0 Å². The molecule has 1 aromatic heterocycles. The molecule has 0 bridgehead atoms. The first kappa shape index (κ1) is 16.0. The maximum Gasteiger partial charge on any atom is 0.261 e. The SMILES string of the molecule is Cc1onc(-c2ccccc2Cl)c1C(=O)Nc1ccc(I)cc1. The van der Waals surface area contributed by atoms with Gasteiger partial charge in [0, 0.05) is 14.8 Å². The Balaban J connectivity index is 1.97. The summed E-state index contributed by atoms with van der Waals surface area (Å²) in [7, 11) is 0. The molecule has 0 unspecified atom stereocenters. The van der Waals surface area contributed by atoms with E-state index in [0.717, 1.165) is 3.57 Å². The lowest BCUT2D eigenvalue weighted by atomic mass is 10.1. The van der Waals surface area contributed by atoms with Gasteiger partial charge in [0.15, 0.2) is 0 Å². The van der Waals surface area contributed by atoms with E-state index >= 15 is 0 Å². The van der Waals surface area contributed by atoms with Crippen LogP contribution in [0.15, 0.2) is 53.1 Å². The van der Waals surface area contributed by atoms with Gasteiger partial charge in [-0.2, -0.15) is 0 Å². The summed E-state index contributed by atoms with van der Waals surface area (Å²) in [6.45, 7) is 1.70. The third-order valence-electron chi connectivity index (χ3n) is 3.32. The fourth-order valence-corrected chi connectivity index (χ4v) is 2.79. The summed E-state index contributed by atoms with van der Waals surface area (Å²) in [5.74, 6) is 0.169. The highest BCUT2D eigenvalue weighted by atomic mass is 127. The zero-order valence-corrected chi connectivity index (χ0v) is 15.1. The zero-order chi connectivity index (χ0) is 16.4. The summed E-state index contributed by atoms with van der Waals surface area (Å²) in [4.78, 5) is 12.6. The van der Waals surface area contributed by atoms with Gasteiger partial charge in [-0.05, 0) is 59.8 Å². The molecule has 0 fully saturated rings. The molecule has 0 aliphatic rings. The van der Waals surface area contributed by atoms with Crippen molar-refractivity contribution in [1.29, 1.82) is 0 Å². The fourth-order valence-electron chi connectivity index (χ4n) is 2.20. The molecule has 3 rings (SSSR count). The van der Waals surface area contributed by atoms with Crippen molar-refractivity contribution in [1.82, 2.24) is 5.16 Å². The van der Waals surface area contributed by atoms with Crippen LogP contribution in [0.1, 0.15) is 16.1 Å². The Hall–Kier alpha value is -1.86. The first-order valence-corrected chi connectivity index (χ1v) is 8.30. The minimum atomic E-state index is -0.278. The number of amides is 1. The number of hydrogen-bond donors (Lipinski definition) is 1. The predicted octanol–water partition coefficient (Wildman–Crippen LogP) is 5.16. The highest BCUT2D eigenvalue weighted by Gasteiger charge is 2.23. The van der Waals surface area contributed by atoms with Gasteiger partial charge in [0.1, 0.15) is 17.0 Å². The maximum absolute atomic E-state index is 12.6. The number of aryl methyl sites for hydroxylation is 1. The second-order valence-corrected chi connectivity index (χ2v) is 6.56. The Morgan fingerprint density at radius 2 is 1.87 bits per heavy atom. The van der Waals surface area contributed by atoms with Crippen LogP contribution in [0.4, 0.5) is 5.69 Å². The molecule has 0 radical (unpaired) electrons. The number of hydrogen-bond acceptors (Lipinski definition) is 3. The van der Waals surface area contributed by atoms with Crippen molar-refractivity contribution >= 4 is 45.8 Å². The summed E-state index contributed by atoms with van der Waals surface area (Å²) in [6.07, 6.45) is 0. The standard InChI is InChI=1S/C17H12ClIN2O2/c1-10-15(17(22)20-12-8-6-11(19)7-9-12)16(21-23-10)13-4-2-3-5-14(13)18/h2-9H,1H3,(H,20,22). The topological polar surface area (TPSA) is 55.1 Å². The second-order valence-electron chi connectivity index (χ2n) is 4.90. The molecule has 23 heavy (non-hydrogen) atoms. The predicted molar refractivity (Wildman–Crippen MR) is 98.8 cm³/mol. The molecule has 1 heterocycles. The molecule has 1 amide bonds. The van der Waals surface area contributed by atoms with E-state index in [4.69, 9.17) is 16.1 Å². The molecule has 6 heteroatoms. The monoisotopic (exact) mass is 438 g/mol. The van der Waals surface area contributed by atoms with Gasteiger partial charge in [-0.15, -0.1) is 0 Å². The number of anilines is 1. The number of aromatic nitrogens is 1. The van der Waals surface area contributed by atoms with Crippen LogP contribution >= 0.6 is 34.2 Å². The second kappa shape index (κ2) is 6.72. The average molecular weight is 439 g/mol. The lowest BCUT2D eigenvalue weighted by molar-refractivity contribution is 0.102. The van der Waals surface area contributed by atoms with Gasteiger partial charge in [0.05, 0.1) is 5.02 Å². The number of halogens is 2. The summed E-state index contributed by atoms with van der Waals surface area (Å²) >= 11 is 8.42. The van der Waals surface area contributed by atoms with E-state index in [1.165, 1.54) is 0 Å². The van der Waals surface area contributed by atoms with Crippen LogP contribution in [0, 0.1) is 10.5 Å². The largest absolute Gasteiger partial charge is 0.360 e. The first-order chi connectivity index (χ1) is 11.1. The number of nitrogens with zero attached hydrogens (tertiary/aromatic N) is 1. The summed E-state index contributed by atoms with van der Waals surface area (Å²) < 4.78 is 6.31. The Morgan fingerprint density at radius 1 is 1.17 bits per heavy atom. The molecule has 4 nitrogen and oxygen atoms in total. The van der Waals surface area contributed by atoms with Crippen molar-refractivity contribution in [3.63, 3.8) is 0 Å². The quantitative estimate of drug-likeness (QED) is 0.575. The summed E-state index contributed by atoms with van der Waals surface area (Å²) in [5, 5.41) is 7.38. The van der Waals surface area contributed by atoms with Crippen LogP contribution in [-0.2, 0) is 0 Å².